The van der Waals surface area contributed by atoms with Gasteiger partial charge in [0.2, 0.25) is 17.7 Å². The number of pyridine rings is 1. The molecule has 0 aliphatic carbocycles. The van der Waals surface area contributed by atoms with Crippen LogP contribution < -0.4 is 10.1 Å². The molecule has 1 aliphatic heterocycles. The van der Waals surface area contributed by atoms with Crippen LogP contribution in [0.25, 0.3) is 16.8 Å². The number of carbonyl (C=O) groups is 2. The lowest BCUT2D eigenvalue weighted by Crippen LogP contribution is -2.33. The largest absolute Gasteiger partial charge is 0.494 e. The van der Waals surface area contributed by atoms with E-state index in [0.717, 1.165) is 5.56 Å². The molecule has 33 heavy (non-hydrogen) atoms. The van der Waals surface area contributed by atoms with Gasteiger partial charge >= 0.3 is 0 Å². The number of aromatic nitrogens is 3. The number of fused-ring (bicyclic) bond motifs is 2. The third-order valence-corrected chi connectivity index (χ3v) is 5.39. The molecule has 2 aromatic carbocycles. The van der Waals surface area contributed by atoms with Gasteiger partial charge in [-0.2, -0.15) is 9.37 Å². The first-order valence-corrected chi connectivity index (χ1v) is 10.0. The number of carbonyl (C=O) groups excluding carboxylic acids is 2. The standard InChI is InChI=1S/C23H17F2N5O3/c1-33-17-8-7-15(20(24)21(17)25)14-6-9-18-26-23(28-30(18)11-14)27-19(31)12-29-10-13-4-2-3-5-16(13)22(29)32/h2-9,11H,10,12H2,1H3,(H,27,28,31). The minimum absolute atomic E-state index is 0.0303. The maximum atomic E-state index is 14.4. The third kappa shape index (κ3) is 3.65. The molecule has 1 aliphatic rings. The van der Waals surface area contributed by atoms with E-state index in [-0.39, 0.29) is 29.7 Å². The molecule has 5 rings (SSSR count). The van der Waals surface area contributed by atoms with Crippen molar-refractivity contribution < 1.29 is 23.1 Å². The van der Waals surface area contributed by atoms with E-state index in [2.05, 4.69) is 15.4 Å². The zero-order valence-corrected chi connectivity index (χ0v) is 17.4. The van der Waals surface area contributed by atoms with Gasteiger partial charge < -0.3 is 9.64 Å². The Morgan fingerprint density at radius 1 is 1.09 bits per heavy atom. The summed E-state index contributed by atoms with van der Waals surface area (Å²) in [4.78, 5) is 30.6. The van der Waals surface area contributed by atoms with Gasteiger partial charge in [-0.05, 0) is 35.9 Å². The van der Waals surface area contributed by atoms with Gasteiger partial charge in [0, 0.05) is 29.4 Å². The summed E-state index contributed by atoms with van der Waals surface area (Å²) in [6, 6.07) is 13.1. The van der Waals surface area contributed by atoms with Gasteiger partial charge in [-0.1, -0.05) is 18.2 Å². The number of nitrogens with one attached hydrogen (secondary N) is 1. The van der Waals surface area contributed by atoms with Crippen LogP contribution >= 0.6 is 0 Å². The van der Waals surface area contributed by atoms with E-state index in [1.54, 1.807) is 24.3 Å². The molecule has 0 fully saturated rings. The summed E-state index contributed by atoms with van der Waals surface area (Å²) < 4.78 is 34.7. The van der Waals surface area contributed by atoms with Gasteiger partial charge in [0.15, 0.2) is 17.2 Å². The molecule has 0 radical (unpaired) electrons. The summed E-state index contributed by atoms with van der Waals surface area (Å²) >= 11 is 0. The van der Waals surface area contributed by atoms with Crippen LogP contribution in [-0.2, 0) is 11.3 Å². The number of amides is 2. The van der Waals surface area contributed by atoms with Crippen LogP contribution in [0.2, 0.25) is 0 Å². The molecule has 1 N–H and O–H groups in total. The number of rotatable bonds is 5. The molecule has 3 heterocycles. The predicted octanol–water partition coefficient (Wildman–Crippen LogP) is 3.28. The van der Waals surface area contributed by atoms with Crippen molar-refractivity contribution in [2.24, 2.45) is 0 Å². The molecule has 0 spiro atoms. The van der Waals surface area contributed by atoms with Crippen molar-refractivity contribution in [3.05, 3.63) is 77.5 Å². The normalized spacial score (nSPS) is 12.8. The second kappa shape index (κ2) is 7.97. The highest BCUT2D eigenvalue weighted by Gasteiger charge is 2.28. The Kier molecular flexibility index (Phi) is 4.97. The fourth-order valence-electron chi connectivity index (χ4n) is 3.79. The van der Waals surface area contributed by atoms with Gasteiger partial charge in [-0.3, -0.25) is 14.9 Å². The fraction of sp³-hybridized carbons (Fsp3) is 0.130. The van der Waals surface area contributed by atoms with Crippen LogP contribution in [0.1, 0.15) is 15.9 Å². The predicted molar refractivity (Wildman–Crippen MR) is 115 cm³/mol. The number of ether oxygens (including phenoxy) is 1. The number of hydrogen-bond donors (Lipinski definition) is 1. The molecule has 10 heteroatoms. The van der Waals surface area contributed by atoms with Gasteiger partial charge in [0.25, 0.3) is 5.91 Å². The van der Waals surface area contributed by atoms with Crippen molar-refractivity contribution in [3.63, 3.8) is 0 Å². The molecule has 0 atom stereocenters. The van der Waals surface area contributed by atoms with Crippen molar-refractivity contribution >= 4 is 23.4 Å². The Hall–Kier alpha value is -4.34. The van der Waals surface area contributed by atoms with Crippen LogP contribution in [0.4, 0.5) is 14.7 Å². The van der Waals surface area contributed by atoms with Crippen LogP contribution in [0.5, 0.6) is 5.75 Å². The van der Waals surface area contributed by atoms with E-state index in [1.807, 2.05) is 12.1 Å². The number of hydrogen-bond acceptors (Lipinski definition) is 5. The summed E-state index contributed by atoms with van der Waals surface area (Å²) in [5.74, 6) is -2.94. The Morgan fingerprint density at radius 2 is 1.91 bits per heavy atom. The van der Waals surface area contributed by atoms with E-state index in [1.165, 1.54) is 34.9 Å². The lowest BCUT2D eigenvalue weighted by Gasteiger charge is -2.14. The lowest BCUT2D eigenvalue weighted by atomic mass is 10.1. The van der Waals surface area contributed by atoms with Crippen molar-refractivity contribution in [1.82, 2.24) is 19.5 Å². The summed E-state index contributed by atoms with van der Waals surface area (Å²) in [7, 11) is 1.26. The summed E-state index contributed by atoms with van der Waals surface area (Å²) in [6.07, 6.45) is 1.48. The third-order valence-electron chi connectivity index (χ3n) is 5.39. The maximum absolute atomic E-state index is 14.4. The van der Waals surface area contributed by atoms with Crippen LogP contribution in [0.3, 0.4) is 0 Å². The average molecular weight is 449 g/mol. The van der Waals surface area contributed by atoms with Crippen LogP contribution in [-0.4, -0.2) is 45.0 Å². The number of benzene rings is 2. The highest BCUT2D eigenvalue weighted by atomic mass is 19.2. The lowest BCUT2D eigenvalue weighted by molar-refractivity contribution is -0.117. The van der Waals surface area contributed by atoms with Crippen molar-refractivity contribution in [2.45, 2.75) is 6.54 Å². The van der Waals surface area contributed by atoms with Crippen LogP contribution in [0.15, 0.2) is 54.7 Å². The molecule has 0 saturated heterocycles. The zero-order chi connectivity index (χ0) is 23.1. The molecule has 2 aromatic heterocycles. The molecule has 0 saturated carbocycles. The van der Waals surface area contributed by atoms with Gasteiger partial charge in [-0.25, -0.2) is 8.91 Å². The summed E-state index contributed by atoms with van der Waals surface area (Å²) in [5.41, 5.74) is 2.25. The number of methoxy groups -OCH3 is 1. The number of nitrogens with zero attached hydrogens (tertiary/aromatic N) is 4. The maximum Gasteiger partial charge on any atom is 0.254 e. The minimum Gasteiger partial charge on any atom is -0.494 e. The van der Waals surface area contributed by atoms with E-state index in [9.17, 15) is 18.4 Å². The van der Waals surface area contributed by atoms with Crippen LogP contribution in [0, 0.1) is 11.6 Å². The molecule has 2 amide bonds. The SMILES string of the molecule is COc1ccc(-c2ccc3nc(NC(=O)CN4Cc5ccccc5C4=O)nn3c2)c(F)c1F. The number of anilines is 1. The number of halogens is 2. The molecule has 166 valence electrons. The highest BCUT2D eigenvalue weighted by molar-refractivity contribution is 6.01. The Balaban J connectivity index is 1.33. The van der Waals surface area contributed by atoms with Gasteiger partial charge in [-0.15, -0.1) is 5.10 Å². The first kappa shape index (κ1) is 20.6. The summed E-state index contributed by atoms with van der Waals surface area (Å²) in [5, 5.41) is 6.76. The van der Waals surface area contributed by atoms with E-state index < -0.39 is 17.5 Å². The molecule has 4 aromatic rings. The molecule has 0 bridgehead atoms. The molecular weight excluding hydrogens is 432 g/mol. The monoisotopic (exact) mass is 449 g/mol. The topological polar surface area (TPSA) is 88.8 Å². The van der Waals surface area contributed by atoms with Crippen molar-refractivity contribution in [2.75, 3.05) is 19.0 Å². The fourth-order valence-corrected chi connectivity index (χ4v) is 3.79. The van der Waals surface area contributed by atoms with Crippen molar-refractivity contribution in [3.8, 4) is 16.9 Å². The van der Waals surface area contributed by atoms with Gasteiger partial charge in [0.05, 0.1) is 7.11 Å². The minimum atomic E-state index is -1.08. The smallest absolute Gasteiger partial charge is 0.254 e. The Bertz CT molecular complexity index is 1420. The van der Waals surface area contributed by atoms with Gasteiger partial charge in [0.1, 0.15) is 6.54 Å². The van der Waals surface area contributed by atoms with E-state index >= 15 is 0 Å². The Morgan fingerprint density at radius 3 is 2.70 bits per heavy atom. The second-order valence-corrected chi connectivity index (χ2v) is 7.47. The first-order chi connectivity index (χ1) is 15.9. The highest BCUT2D eigenvalue weighted by Crippen LogP contribution is 2.30. The average Bonchev–Trinajstić information content (AvgIpc) is 3.35. The zero-order valence-electron chi connectivity index (χ0n) is 17.4. The molecular formula is C23H17F2N5O3. The van der Waals surface area contributed by atoms with Crippen molar-refractivity contribution in [1.29, 1.82) is 0 Å². The quantitative estimate of drug-likeness (QED) is 0.505. The molecule has 8 nitrogen and oxygen atoms in total. The second-order valence-electron chi connectivity index (χ2n) is 7.47. The van der Waals surface area contributed by atoms with E-state index in [0.29, 0.717) is 23.3 Å². The molecule has 0 unspecified atom stereocenters. The Labute approximate surface area is 186 Å². The van der Waals surface area contributed by atoms with E-state index in [4.69, 9.17) is 4.74 Å². The first-order valence-electron chi connectivity index (χ1n) is 10.0. The summed E-state index contributed by atoms with van der Waals surface area (Å²) in [6.45, 7) is 0.207.